The van der Waals surface area contributed by atoms with Crippen molar-refractivity contribution in [1.82, 2.24) is 19.7 Å². The van der Waals surface area contributed by atoms with Crippen LogP contribution in [0.15, 0.2) is 72.9 Å². The van der Waals surface area contributed by atoms with E-state index in [0.29, 0.717) is 40.6 Å². The molecular weight excluding hydrogens is 612 g/mol. The Kier molecular flexibility index (Phi) is 9.08. The molecule has 0 unspecified atom stereocenters. The third kappa shape index (κ3) is 7.07. The van der Waals surface area contributed by atoms with Crippen molar-refractivity contribution < 1.29 is 18.0 Å². The smallest absolute Gasteiger partial charge is 0.367 e. The number of rotatable bonds is 7. The van der Waals surface area contributed by atoms with Crippen molar-refractivity contribution in [3.05, 3.63) is 105 Å². The van der Waals surface area contributed by atoms with Crippen LogP contribution in [0.4, 0.5) is 24.5 Å². The van der Waals surface area contributed by atoms with Crippen molar-refractivity contribution in [1.29, 1.82) is 0 Å². The van der Waals surface area contributed by atoms with Crippen molar-refractivity contribution in [3.63, 3.8) is 0 Å². The summed E-state index contributed by atoms with van der Waals surface area (Å²) in [5.41, 5.74) is 0.499. The minimum absolute atomic E-state index is 0.0384. The average Bonchev–Trinajstić information content (AvgIpc) is 3.42. The third-order valence-electron chi connectivity index (χ3n) is 6.64. The van der Waals surface area contributed by atoms with Crippen LogP contribution < -0.4 is 10.2 Å². The quantitative estimate of drug-likeness (QED) is 0.230. The molecule has 1 aliphatic rings. The molecule has 0 spiro atoms. The maximum absolute atomic E-state index is 13.6. The molecule has 0 atom stereocenters. The third-order valence-corrected chi connectivity index (χ3v) is 7.42. The highest BCUT2D eigenvalue weighted by Crippen LogP contribution is 2.33. The zero-order valence-electron chi connectivity index (χ0n) is 22.0. The van der Waals surface area contributed by atoms with E-state index in [9.17, 15) is 18.0 Å². The van der Waals surface area contributed by atoms with Crippen LogP contribution in [0.2, 0.25) is 15.1 Å². The second-order valence-corrected chi connectivity index (χ2v) is 10.8. The second kappa shape index (κ2) is 12.7. The molecule has 5 rings (SSSR count). The Bertz CT molecular complexity index is 1600. The number of hydrogen-bond donors (Lipinski definition) is 1. The number of amides is 1. The van der Waals surface area contributed by atoms with Gasteiger partial charge in [-0.3, -0.25) is 9.69 Å². The Balaban J connectivity index is 1.32. The highest BCUT2D eigenvalue weighted by Gasteiger charge is 2.36. The summed E-state index contributed by atoms with van der Waals surface area (Å²) in [6, 6.07) is 16.2. The maximum atomic E-state index is 13.6. The minimum Gasteiger partial charge on any atom is -0.367 e. The van der Waals surface area contributed by atoms with Crippen LogP contribution in [0.5, 0.6) is 0 Å². The molecule has 0 saturated carbocycles. The number of hydrogen-bond acceptors (Lipinski definition) is 5. The number of carbonyl (C=O) groups is 1. The van der Waals surface area contributed by atoms with Gasteiger partial charge in [-0.1, -0.05) is 59.1 Å². The number of nitrogens with zero attached hydrogens (tertiary/aromatic N) is 5. The van der Waals surface area contributed by atoms with E-state index in [-0.39, 0.29) is 16.5 Å². The molecule has 42 heavy (non-hydrogen) atoms. The molecule has 1 amide bonds. The number of anilines is 2. The molecule has 7 nitrogen and oxygen atoms in total. The Morgan fingerprint density at radius 2 is 1.67 bits per heavy atom. The lowest BCUT2D eigenvalue weighted by Crippen LogP contribution is -2.46. The largest absolute Gasteiger partial charge is 0.435 e. The van der Waals surface area contributed by atoms with E-state index in [1.807, 2.05) is 30.3 Å². The molecule has 0 aliphatic carbocycles. The van der Waals surface area contributed by atoms with Crippen molar-refractivity contribution in [3.8, 4) is 5.82 Å². The fourth-order valence-electron chi connectivity index (χ4n) is 4.52. The van der Waals surface area contributed by atoms with Crippen LogP contribution in [0.1, 0.15) is 21.7 Å². The van der Waals surface area contributed by atoms with Gasteiger partial charge in [-0.05, 0) is 48.0 Å². The van der Waals surface area contributed by atoms with E-state index in [2.05, 4.69) is 31.3 Å². The van der Waals surface area contributed by atoms with E-state index >= 15 is 0 Å². The number of aromatic nitrogens is 3. The van der Waals surface area contributed by atoms with Gasteiger partial charge in [0.1, 0.15) is 5.69 Å². The molecule has 1 saturated heterocycles. The first kappa shape index (κ1) is 29.9. The van der Waals surface area contributed by atoms with Gasteiger partial charge in [0.25, 0.3) is 5.91 Å². The van der Waals surface area contributed by atoms with E-state index in [4.69, 9.17) is 34.8 Å². The van der Waals surface area contributed by atoms with Gasteiger partial charge in [0, 0.05) is 55.0 Å². The Labute approximate surface area is 255 Å². The van der Waals surface area contributed by atoms with Crippen molar-refractivity contribution in [2.75, 3.05) is 42.9 Å². The van der Waals surface area contributed by atoms with E-state index in [1.54, 1.807) is 18.2 Å². The first-order chi connectivity index (χ1) is 20.1. The van der Waals surface area contributed by atoms with Crippen LogP contribution in [0.25, 0.3) is 11.9 Å². The van der Waals surface area contributed by atoms with Crippen molar-refractivity contribution >= 4 is 58.2 Å². The van der Waals surface area contributed by atoms with Gasteiger partial charge in [0.2, 0.25) is 0 Å². The Morgan fingerprint density at radius 3 is 2.36 bits per heavy atom. The number of carbonyl (C=O) groups excluding carboxylic acids is 1. The number of benzene rings is 2. The summed E-state index contributed by atoms with van der Waals surface area (Å²) < 4.78 is 41.5. The van der Waals surface area contributed by atoms with Gasteiger partial charge in [0.05, 0.1) is 16.4 Å². The van der Waals surface area contributed by atoms with Crippen LogP contribution in [0.3, 0.4) is 0 Å². The summed E-state index contributed by atoms with van der Waals surface area (Å²) in [5, 5.41) is 7.52. The van der Waals surface area contributed by atoms with Crippen molar-refractivity contribution in [2.24, 2.45) is 0 Å². The van der Waals surface area contributed by atoms with Crippen LogP contribution in [-0.4, -0.2) is 58.3 Å². The maximum Gasteiger partial charge on any atom is 0.435 e. The van der Waals surface area contributed by atoms with Gasteiger partial charge in [-0.25, -0.2) is 9.67 Å². The highest BCUT2D eigenvalue weighted by molar-refractivity contribution is 6.32. The Morgan fingerprint density at radius 1 is 0.952 bits per heavy atom. The molecule has 218 valence electrons. The number of halogens is 6. The molecule has 2 aromatic heterocycles. The van der Waals surface area contributed by atoms with Gasteiger partial charge < -0.3 is 10.2 Å². The van der Waals surface area contributed by atoms with E-state index in [0.717, 1.165) is 29.9 Å². The molecule has 2 aromatic carbocycles. The Hall–Kier alpha value is -3.57. The minimum atomic E-state index is -4.78. The lowest BCUT2D eigenvalue weighted by atomic mass is 10.2. The average molecular weight is 636 g/mol. The molecule has 3 heterocycles. The second-order valence-electron chi connectivity index (χ2n) is 9.49. The first-order valence-electron chi connectivity index (χ1n) is 12.9. The topological polar surface area (TPSA) is 66.3 Å². The predicted octanol–water partition coefficient (Wildman–Crippen LogP) is 7.33. The zero-order valence-corrected chi connectivity index (χ0v) is 24.2. The van der Waals surface area contributed by atoms with Crippen LogP contribution >= 0.6 is 34.8 Å². The van der Waals surface area contributed by atoms with Gasteiger partial charge >= 0.3 is 6.18 Å². The zero-order chi connectivity index (χ0) is 29.9. The fraction of sp³-hybridized carbons (Fsp3) is 0.207. The molecule has 0 bridgehead atoms. The number of piperazine rings is 1. The summed E-state index contributed by atoms with van der Waals surface area (Å²) in [4.78, 5) is 21.8. The fourth-order valence-corrected chi connectivity index (χ4v) is 5.01. The van der Waals surface area contributed by atoms with E-state index < -0.39 is 17.8 Å². The van der Waals surface area contributed by atoms with Crippen LogP contribution in [0, 0.1) is 0 Å². The summed E-state index contributed by atoms with van der Waals surface area (Å²) >= 11 is 18.4. The van der Waals surface area contributed by atoms with Crippen LogP contribution in [-0.2, 0) is 6.18 Å². The molecular formula is C29H24Cl3F3N6O. The monoisotopic (exact) mass is 634 g/mol. The molecule has 1 N–H and O–H groups in total. The normalized spacial score (nSPS) is 14.5. The first-order valence-corrected chi connectivity index (χ1v) is 14.0. The molecule has 1 fully saturated rings. The lowest BCUT2D eigenvalue weighted by molar-refractivity contribution is -0.141. The van der Waals surface area contributed by atoms with Crippen molar-refractivity contribution in [2.45, 2.75) is 6.18 Å². The number of pyridine rings is 1. The van der Waals surface area contributed by atoms with Gasteiger partial charge in [-0.15, -0.1) is 0 Å². The van der Waals surface area contributed by atoms with Gasteiger partial charge in [-0.2, -0.15) is 18.3 Å². The van der Waals surface area contributed by atoms with Gasteiger partial charge in [0.15, 0.2) is 11.5 Å². The lowest BCUT2D eigenvalue weighted by Gasteiger charge is -2.36. The molecule has 4 aromatic rings. The summed E-state index contributed by atoms with van der Waals surface area (Å²) in [6.45, 7) is 3.57. The summed E-state index contributed by atoms with van der Waals surface area (Å²) in [7, 11) is 0. The summed E-state index contributed by atoms with van der Waals surface area (Å²) in [5.74, 6) is -0.911. The predicted molar refractivity (Wildman–Crippen MR) is 160 cm³/mol. The highest BCUT2D eigenvalue weighted by atomic mass is 35.5. The number of nitrogens with one attached hydrogen (secondary N) is 1. The summed E-state index contributed by atoms with van der Waals surface area (Å²) in [6.07, 6.45) is 0.704. The SMILES string of the molecule is O=C(Nc1ccc(Cl)cc1N1CCN(CC=Cc2ccc(Cl)cc2)CC1)c1cc(C(F)(F)F)nn1-c1ncccc1Cl. The molecule has 13 heteroatoms. The number of alkyl halides is 3. The molecule has 0 radical (unpaired) electrons. The molecule has 1 aliphatic heterocycles. The van der Waals surface area contributed by atoms with E-state index in [1.165, 1.54) is 18.3 Å². The standard InChI is InChI=1S/C29H24Cl3F3N6O/c30-20-7-5-19(6-8-20)3-2-12-39-13-15-40(16-14-39)24-17-21(31)9-10-23(24)37-28(42)25-18-26(29(33,34)35)38-41(25)27-22(32)4-1-11-36-27/h1-11,17-18H,12-16H2,(H,37,42).